The van der Waals surface area contributed by atoms with Crippen molar-refractivity contribution in [3.8, 4) is 5.88 Å². The third-order valence-corrected chi connectivity index (χ3v) is 4.60. The summed E-state index contributed by atoms with van der Waals surface area (Å²) in [6.07, 6.45) is -5.29. The third-order valence-electron chi connectivity index (χ3n) is 3.92. The van der Waals surface area contributed by atoms with Gasteiger partial charge in [0.25, 0.3) is 5.56 Å². The van der Waals surface area contributed by atoms with E-state index in [4.69, 9.17) is 10.5 Å². The summed E-state index contributed by atoms with van der Waals surface area (Å²) in [6.45, 7) is 1.77. The second kappa shape index (κ2) is 9.81. The fourth-order valence-corrected chi connectivity index (χ4v) is 2.87. The molecule has 3 N–H and O–H groups in total. The Morgan fingerprint density at radius 1 is 1.28 bits per heavy atom. The molecule has 1 aromatic carbocycles. The van der Waals surface area contributed by atoms with Crippen LogP contribution in [0.4, 0.5) is 27.9 Å². The molecule has 0 aliphatic rings. The highest BCUT2D eigenvalue weighted by Gasteiger charge is 2.45. The van der Waals surface area contributed by atoms with E-state index >= 15 is 0 Å². The maximum absolute atomic E-state index is 13.8. The molecule has 2 aromatic rings. The summed E-state index contributed by atoms with van der Waals surface area (Å²) in [5.74, 6) is -4.86. The van der Waals surface area contributed by atoms with Crippen molar-refractivity contribution in [2.24, 2.45) is 5.73 Å². The Kier molecular flexibility index (Phi) is 7.83. The molecule has 0 bridgehead atoms. The molecule has 0 amide bonds. The van der Waals surface area contributed by atoms with Crippen LogP contribution in [-0.4, -0.2) is 34.8 Å². The molecule has 32 heavy (non-hydrogen) atoms. The van der Waals surface area contributed by atoms with Crippen molar-refractivity contribution in [3.63, 3.8) is 0 Å². The number of ether oxygens (including phenoxy) is 2. The van der Waals surface area contributed by atoms with Crippen molar-refractivity contribution in [3.05, 3.63) is 50.2 Å². The van der Waals surface area contributed by atoms with E-state index in [1.165, 1.54) is 0 Å². The van der Waals surface area contributed by atoms with Crippen LogP contribution < -0.4 is 21.3 Å². The van der Waals surface area contributed by atoms with Gasteiger partial charge in [-0.2, -0.15) is 18.2 Å². The van der Waals surface area contributed by atoms with Gasteiger partial charge in [-0.05, 0) is 41.9 Å². The summed E-state index contributed by atoms with van der Waals surface area (Å²) in [5, 5.41) is 2.64. The minimum Gasteiger partial charge on any atom is -0.472 e. The molecule has 0 aliphatic carbocycles. The quantitative estimate of drug-likeness (QED) is 0.400. The fraction of sp³-hybridized carbons (Fsp3) is 0.389. The zero-order valence-electron chi connectivity index (χ0n) is 16.7. The lowest BCUT2D eigenvalue weighted by molar-refractivity contribution is -0.219. The summed E-state index contributed by atoms with van der Waals surface area (Å²) in [6, 6.07) is 2.78. The van der Waals surface area contributed by atoms with Crippen LogP contribution in [-0.2, 0) is 21.9 Å². The van der Waals surface area contributed by atoms with Crippen LogP contribution in [0.2, 0.25) is 0 Å². The predicted molar refractivity (Wildman–Crippen MR) is 106 cm³/mol. The Labute approximate surface area is 186 Å². The molecule has 0 saturated carbocycles. The maximum Gasteiger partial charge on any atom is 0.491 e. The molecule has 0 radical (unpaired) electrons. The predicted octanol–water partition coefficient (Wildman–Crippen LogP) is 3.03. The van der Waals surface area contributed by atoms with E-state index in [2.05, 4.69) is 31.0 Å². The molecule has 0 atom stereocenters. The van der Waals surface area contributed by atoms with E-state index in [-0.39, 0.29) is 35.0 Å². The van der Waals surface area contributed by atoms with Crippen LogP contribution in [0, 0.1) is 11.6 Å². The van der Waals surface area contributed by atoms with Crippen LogP contribution >= 0.6 is 15.9 Å². The number of hydrogen-bond donors (Lipinski definition) is 2. The SMILES string of the molecule is CC(C)(OC(=O)C(F)(F)F)n1c(NCCN)nc(OCc2ccc(F)cc2F)c(Br)c1=O. The van der Waals surface area contributed by atoms with Crippen LogP contribution in [0.5, 0.6) is 5.88 Å². The van der Waals surface area contributed by atoms with Gasteiger partial charge in [-0.15, -0.1) is 0 Å². The van der Waals surface area contributed by atoms with Crippen molar-refractivity contribution in [1.29, 1.82) is 0 Å². The smallest absolute Gasteiger partial charge is 0.472 e. The van der Waals surface area contributed by atoms with Crippen molar-refractivity contribution in [2.75, 3.05) is 18.4 Å². The summed E-state index contributed by atoms with van der Waals surface area (Å²) in [7, 11) is 0. The number of carbonyl (C=O) groups excluding carboxylic acids is 1. The van der Waals surface area contributed by atoms with Gasteiger partial charge in [-0.3, -0.25) is 4.79 Å². The average molecular weight is 529 g/mol. The molecule has 0 unspecified atom stereocenters. The van der Waals surface area contributed by atoms with Crippen LogP contribution in [0.25, 0.3) is 0 Å². The molecule has 1 heterocycles. The lowest BCUT2D eigenvalue weighted by Crippen LogP contribution is -2.45. The van der Waals surface area contributed by atoms with Gasteiger partial charge in [-0.25, -0.2) is 18.1 Å². The third kappa shape index (κ3) is 5.94. The van der Waals surface area contributed by atoms with Gasteiger partial charge in [0, 0.05) is 24.7 Å². The minimum absolute atomic E-state index is 0.0415. The molecule has 0 aliphatic heterocycles. The van der Waals surface area contributed by atoms with Gasteiger partial charge in [-0.1, -0.05) is 0 Å². The fourth-order valence-electron chi connectivity index (χ4n) is 2.49. The summed E-state index contributed by atoms with van der Waals surface area (Å²) in [4.78, 5) is 28.3. The number of hydrogen-bond acceptors (Lipinski definition) is 7. The minimum atomic E-state index is -5.29. The molecular weight excluding hydrogens is 511 g/mol. The van der Waals surface area contributed by atoms with Gasteiger partial charge in [0.2, 0.25) is 11.8 Å². The van der Waals surface area contributed by atoms with Crippen molar-refractivity contribution in [2.45, 2.75) is 32.4 Å². The lowest BCUT2D eigenvalue weighted by Gasteiger charge is -2.30. The first-order valence-electron chi connectivity index (χ1n) is 8.91. The highest BCUT2D eigenvalue weighted by molar-refractivity contribution is 9.10. The zero-order valence-corrected chi connectivity index (χ0v) is 18.3. The Bertz CT molecular complexity index is 1060. The van der Waals surface area contributed by atoms with E-state index in [0.29, 0.717) is 10.6 Å². The molecule has 1 aromatic heterocycles. The molecule has 14 heteroatoms. The second-order valence-corrected chi connectivity index (χ2v) is 7.56. The number of nitrogens with one attached hydrogen (secondary N) is 1. The first-order valence-corrected chi connectivity index (χ1v) is 9.71. The molecule has 8 nitrogen and oxygen atoms in total. The summed E-state index contributed by atoms with van der Waals surface area (Å²) >= 11 is 2.95. The van der Waals surface area contributed by atoms with Gasteiger partial charge in [0.15, 0.2) is 5.72 Å². The van der Waals surface area contributed by atoms with Crippen LogP contribution in [0.15, 0.2) is 27.5 Å². The number of anilines is 1. The Hall–Kier alpha value is -2.74. The zero-order chi connectivity index (χ0) is 24.3. The van der Waals surface area contributed by atoms with Gasteiger partial charge >= 0.3 is 12.1 Å². The first kappa shape index (κ1) is 25.5. The Balaban J connectivity index is 2.46. The number of carbonyl (C=O) groups is 1. The molecule has 176 valence electrons. The molecule has 2 rings (SSSR count). The van der Waals surface area contributed by atoms with Gasteiger partial charge in [0.1, 0.15) is 22.7 Å². The molecule has 0 saturated heterocycles. The first-order chi connectivity index (χ1) is 14.8. The number of halogens is 6. The largest absolute Gasteiger partial charge is 0.491 e. The summed E-state index contributed by atoms with van der Waals surface area (Å²) in [5.41, 5.74) is 2.29. The van der Waals surface area contributed by atoms with Gasteiger partial charge in [0.05, 0.1) is 0 Å². The number of alkyl halides is 3. The van der Waals surface area contributed by atoms with Crippen LogP contribution in [0.3, 0.4) is 0 Å². The highest BCUT2D eigenvalue weighted by Crippen LogP contribution is 2.29. The number of aromatic nitrogens is 2. The summed E-state index contributed by atoms with van der Waals surface area (Å²) < 4.78 is 75.1. The second-order valence-electron chi connectivity index (χ2n) is 6.77. The van der Waals surface area contributed by atoms with E-state index < -0.39 is 41.7 Å². The lowest BCUT2D eigenvalue weighted by atomic mass is 10.2. The van der Waals surface area contributed by atoms with Crippen molar-refractivity contribution < 1.29 is 36.2 Å². The Morgan fingerprint density at radius 2 is 1.94 bits per heavy atom. The average Bonchev–Trinajstić information content (AvgIpc) is 2.67. The highest BCUT2D eigenvalue weighted by atomic mass is 79.9. The van der Waals surface area contributed by atoms with Crippen LogP contribution in [0.1, 0.15) is 19.4 Å². The maximum atomic E-state index is 13.8. The number of rotatable bonds is 8. The van der Waals surface area contributed by atoms with Crippen molar-refractivity contribution in [1.82, 2.24) is 9.55 Å². The number of esters is 1. The number of nitrogens with zero attached hydrogens (tertiary/aromatic N) is 2. The number of benzene rings is 1. The molecule has 0 spiro atoms. The van der Waals surface area contributed by atoms with Gasteiger partial charge < -0.3 is 20.5 Å². The normalized spacial score (nSPS) is 11.9. The Morgan fingerprint density at radius 3 is 2.50 bits per heavy atom. The van der Waals surface area contributed by atoms with E-state index in [9.17, 15) is 31.5 Å². The van der Waals surface area contributed by atoms with E-state index in [0.717, 1.165) is 26.0 Å². The number of nitrogens with two attached hydrogens (primary N) is 1. The van der Waals surface area contributed by atoms with E-state index in [1.807, 2.05) is 0 Å². The van der Waals surface area contributed by atoms with Crippen molar-refractivity contribution >= 4 is 27.8 Å². The molecular formula is C18H18BrF5N4O4. The monoisotopic (exact) mass is 528 g/mol. The van der Waals surface area contributed by atoms with E-state index in [1.54, 1.807) is 0 Å². The topological polar surface area (TPSA) is 108 Å². The standard InChI is InChI=1S/C18H18BrF5N4O4/c1-17(2,32-15(30)18(22,23)24)28-14(29)12(19)13(27-16(28)26-6-5-25)31-8-9-3-4-10(20)7-11(9)21/h3-4,7H,5-6,8,25H2,1-2H3,(H,26,27). The molecule has 0 fully saturated rings.